The highest BCUT2D eigenvalue weighted by atomic mass is 16.5. The molecule has 33 heavy (non-hydrogen) atoms. The summed E-state index contributed by atoms with van der Waals surface area (Å²) in [7, 11) is 3.15. The molecule has 3 aliphatic rings. The molecule has 6 atom stereocenters. The topological polar surface area (TPSA) is 144 Å². The van der Waals surface area contributed by atoms with Crippen LogP contribution in [0.15, 0.2) is 18.2 Å². The van der Waals surface area contributed by atoms with Crippen LogP contribution in [0.3, 0.4) is 0 Å². The van der Waals surface area contributed by atoms with Crippen LogP contribution in [0.1, 0.15) is 35.7 Å². The zero-order chi connectivity index (χ0) is 24.2. The van der Waals surface area contributed by atoms with Gasteiger partial charge in [0.25, 0.3) is 0 Å². The number of aliphatic hydroxyl groups is 1. The van der Waals surface area contributed by atoms with Gasteiger partial charge in [-0.1, -0.05) is 19.1 Å². The third-order valence-corrected chi connectivity index (χ3v) is 7.24. The highest BCUT2D eigenvalue weighted by Gasteiger charge is 2.69. The molecule has 9 heteroatoms. The van der Waals surface area contributed by atoms with Gasteiger partial charge in [0.1, 0.15) is 5.75 Å². The maximum absolute atomic E-state index is 13.7. The molecule has 0 aliphatic heterocycles. The van der Waals surface area contributed by atoms with Gasteiger partial charge in [-0.2, -0.15) is 0 Å². The van der Waals surface area contributed by atoms with Gasteiger partial charge >= 0.3 is 0 Å². The fourth-order valence-electron chi connectivity index (χ4n) is 5.86. The SMILES string of the molecule is CCCOc1cccc2c1C(=O)C1C(=O)[C@]3(O)C(=O)C(C(N)=O)C(=O)C(N(C)C)[C@@H]3C[C@@H]1C2. The van der Waals surface area contributed by atoms with Gasteiger partial charge in [0.2, 0.25) is 5.91 Å². The molecule has 0 spiro atoms. The zero-order valence-corrected chi connectivity index (χ0v) is 18.9. The summed E-state index contributed by atoms with van der Waals surface area (Å²) in [5.41, 5.74) is 3.70. The van der Waals surface area contributed by atoms with Gasteiger partial charge in [0.05, 0.1) is 24.1 Å². The van der Waals surface area contributed by atoms with E-state index in [0.717, 1.165) is 12.0 Å². The molecule has 3 aliphatic carbocycles. The molecule has 1 aromatic rings. The highest BCUT2D eigenvalue weighted by Crippen LogP contribution is 2.50. The molecule has 4 rings (SSSR count). The van der Waals surface area contributed by atoms with Crippen LogP contribution >= 0.6 is 0 Å². The molecule has 3 N–H and O–H groups in total. The van der Waals surface area contributed by atoms with Gasteiger partial charge in [-0.05, 0) is 50.9 Å². The van der Waals surface area contributed by atoms with E-state index in [9.17, 15) is 29.1 Å². The second-order valence-electron chi connectivity index (χ2n) is 9.43. The van der Waals surface area contributed by atoms with Crippen LogP contribution < -0.4 is 10.5 Å². The molecule has 0 saturated heterocycles. The number of nitrogens with two attached hydrogens (primary N) is 1. The minimum atomic E-state index is -2.64. The molecule has 0 bridgehead atoms. The molecule has 0 aromatic heterocycles. The number of ketones is 4. The standard InChI is InChI=1S/C24H28N2O7/c1-4-8-33-14-7-5-6-11-9-12-10-13-18(26(2)3)20(28)17(23(25)31)22(30)24(13,32)21(29)16(12)19(27)15(11)14/h5-7,12-13,16-18,32H,4,8-10H2,1-3H3,(H2,25,31)/t12-,13-,16?,17?,18?,24-/m0/s1. The molecule has 176 valence electrons. The van der Waals surface area contributed by atoms with E-state index in [1.807, 2.05) is 6.92 Å². The van der Waals surface area contributed by atoms with Gasteiger partial charge < -0.3 is 15.6 Å². The van der Waals surface area contributed by atoms with E-state index < -0.39 is 64.4 Å². The first kappa shape index (κ1) is 23.3. The minimum absolute atomic E-state index is 0.101. The van der Waals surface area contributed by atoms with E-state index in [1.165, 1.54) is 4.90 Å². The van der Waals surface area contributed by atoms with Crippen molar-refractivity contribution in [2.24, 2.45) is 29.4 Å². The van der Waals surface area contributed by atoms with Gasteiger partial charge in [-0.25, -0.2) is 0 Å². The first-order valence-corrected chi connectivity index (χ1v) is 11.1. The smallest absolute Gasteiger partial charge is 0.235 e. The van der Waals surface area contributed by atoms with E-state index >= 15 is 0 Å². The number of hydrogen-bond acceptors (Lipinski definition) is 8. The maximum Gasteiger partial charge on any atom is 0.235 e. The molecule has 2 fully saturated rings. The number of fused-ring (bicyclic) bond motifs is 3. The minimum Gasteiger partial charge on any atom is -0.493 e. The van der Waals surface area contributed by atoms with Crippen molar-refractivity contribution < 1.29 is 33.8 Å². The number of hydrogen-bond donors (Lipinski definition) is 2. The number of rotatable bonds is 5. The third kappa shape index (κ3) is 3.25. The van der Waals surface area contributed by atoms with Crippen LogP contribution in [0.2, 0.25) is 0 Å². The van der Waals surface area contributed by atoms with E-state index in [4.69, 9.17) is 10.5 Å². The summed E-state index contributed by atoms with van der Waals surface area (Å²) in [5.74, 6) is -9.03. The van der Waals surface area contributed by atoms with Crippen molar-refractivity contribution in [3.05, 3.63) is 29.3 Å². The number of benzene rings is 1. The normalized spacial score (nSPS) is 33.4. The lowest BCUT2D eigenvalue weighted by molar-refractivity contribution is -0.181. The quantitative estimate of drug-likeness (QED) is 0.587. The number of amides is 1. The summed E-state index contributed by atoms with van der Waals surface area (Å²) in [5, 5.41) is 11.5. The van der Waals surface area contributed by atoms with Crippen LogP contribution in [0.4, 0.5) is 0 Å². The first-order chi connectivity index (χ1) is 15.5. The molecule has 0 heterocycles. The Hall–Kier alpha value is -2.91. The average Bonchev–Trinajstić information content (AvgIpc) is 2.74. The van der Waals surface area contributed by atoms with Crippen LogP contribution in [-0.4, -0.2) is 71.4 Å². The van der Waals surface area contributed by atoms with E-state index in [1.54, 1.807) is 32.3 Å². The van der Waals surface area contributed by atoms with Gasteiger partial charge in [0, 0.05) is 5.92 Å². The Morgan fingerprint density at radius 1 is 1.21 bits per heavy atom. The van der Waals surface area contributed by atoms with E-state index in [-0.39, 0.29) is 12.0 Å². The summed E-state index contributed by atoms with van der Waals surface area (Å²) >= 11 is 0. The fraction of sp³-hybridized carbons (Fsp3) is 0.542. The molecule has 9 nitrogen and oxygen atoms in total. The van der Waals surface area contributed by atoms with Crippen LogP contribution in [0.5, 0.6) is 5.75 Å². The second-order valence-corrected chi connectivity index (χ2v) is 9.43. The number of ether oxygens (including phenoxy) is 1. The molecule has 3 unspecified atom stereocenters. The third-order valence-electron chi connectivity index (χ3n) is 7.24. The number of likely N-dealkylation sites (N-methyl/N-ethyl adjacent to an activating group) is 1. The Morgan fingerprint density at radius 2 is 1.91 bits per heavy atom. The largest absolute Gasteiger partial charge is 0.493 e. The highest BCUT2D eigenvalue weighted by molar-refractivity contribution is 6.32. The monoisotopic (exact) mass is 456 g/mol. The predicted octanol–water partition coefficient (Wildman–Crippen LogP) is -0.0498. The van der Waals surface area contributed by atoms with E-state index in [2.05, 4.69) is 0 Å². The molecule has 0 radical (unpaired) electrons. The molecule has 2 saturated carbocycles. The summed E-state index contributed by atoms with van der Waals surface area (Å²) < 4.78 is 5.73. The van der Waals surface area contributed by atoms with Gasteiger partial charge in [-0.15, -0.1) is 0 Å². The zero-order valence-electron chi connectivity index (χ0n) is 18.9. The molecule has 1 aromatic carbocycles. The van der Waals surface area contributed by atoms with Gasteiger partial charge in [0.15, 0.2) is 34.7 Å². The number of carbonyl (C=O) groups is 5. The van der Waals surface area contributed by atoms with Crippen molar-refractivity contribution in [2.45, 2.75) is 37.8 Å². The number of Topliss-reactive ketones (excluding diaryl/α,β-unsaturated/α-hetero) is 4. The second kappa shape index (κ2) is 8.14. The Labute approximate surface area is 191 Å². The number of nitrogens with zero attached hydrogens (tertiary/aromatic N) is 1. The van der Waals surface area contributed by atoms with Crippen molar-refractivity contribution in [1.29, 1.82) is 0 Å². The lowest BCUT2D eigenvalue weighted by Crippen LogP contribution is -2.74. The fourth-order valence-corrected chi connectivity index (χ4v) is 5.86. The Morgan fingerprint density at radius 3 is 2.52 bits per heavy atom. The van der Waals surface area contributed by atoms with Crippen LogP contribution in [0, 0.1) is 23.7 Å². The van der Waals surface area contributed by atoms with Crippen molar-refractivity contribution in [2.75, 3.05) is 20.7 Å². The van der Waals surface area contributed by atoms with Crippen LogP contribution in [0.25, 0.3) is 0 Å². The Kier molecular flexibility index (Phi) is 5.74. The van der Waals surface area contributed by atoms with Crippen LogP contribution in [-0.2, 0) is 25.6 Å². The lowest BCUT2D eigenvalue weighted by Gasteiger charge is -2.52. The first-order valence-electron chi connectivity index (χ1n) is 11.1. The van der Waals surface area contributed by atoms with Crippen molar-refractivity contribution >= 4 is 29.0 Å². The van der Waals surface area contributed by atoms with Crippen molar-refractivity contribution in [1.82, 2.24) is 4.90 Å². The Balaban J connectivity index is 1.82. The van der Waals surface area contributed by atoms with E-state index in [0.29, 0.717) is 18.8 Å². The summed E-state index contributed by atoms with van der Waals surface area (Å²) in [6, 6.07) is 4.18. The summed E-state index contributed by atoms with van der Waals surface area (Å²) in [6.07, 6.45) is 1.20. The van der Waals surface area contributed by atoms with Gasteiger partial charge in [-0.3, -0.25) is 28.9 Å². The molecular formula is C24H28N2O7. The summed E-state index contributed by atoms with van der Waals surface area (Å²) in [4.78, 5) is 67.0. The molecular weight excluding hydrogens is 428 g/mol. The summed E-state index contributed by atoms with van der Waals surface area (Å²) in [6.45, 7) is 2.32. The number of primary amides is 1. The van der Waals surface area contributed by atoms with Crippen molar-refractivity contribution in [3.63, 3.8) is 0 Å². The Bertz CT molecular complexity index is 1060. The molecule has 1 amide bonds. The lowest BCUT2D eigenvalue weighted by atomic mass is 9.52. The van der Waals surface area contributed by atoms with Crippen molar-refractivity contribution in [3.8, 4) is 5.75 Å². The maximum atomic E-state index is 13.7. The average molecular weight is 456 g/mol. The predicted molar refractivity (Wildman–Crippen MR) is 115 cm³/mol. The number of carbonyl (C=O) groups excluding carboxylic acids is 5.